The van der Waals surface area contributed by atoms with Gasteiger partial charge in [0.15, 0.2) is 0 Å². The van der Waals surface area contributed by atoms with Gasteiger partial charge in [-0.2, -0.15) is 0 Å². The zero-order valence-electron chi connectivity index (χ0n) is 14.0. The summed E-state index contributed by atoms with van der Waals surface area (Å²) >= 11 is 6.12. The molecule has 3 rings (SSSR count). The highest BCUT2D eigenvalue weighted by atomic mass is 35.5. The van der Waals surface area contributed by atoms with Crippen LogP contribution in [0.25, 0.3) is 11.5 Å². The lowest BCUT2D eigenvalue weighted by molar-refractivity contribution is 0.0953. The van der Waals surface area contributed by atoms with Crippen molar-refractivity contribution in [3.8, 4) is 11.5 Å². The number of hydrogen-bond acceptors (Lipinski definition) is 4. The summed E-state index contributed by atoms with van der Waals surface area (Å²) in [6.45, 7) is 4.42. The smallest absolute Gasteiger partial charge is 0.251 e. The third-order valence-corrected chi connectivity index (χ3v) is 4.29. The molecular formula is C19H18ClN3O2. The Bertz CT molecular complexity index is 905. The molecule has 25 heavy (non-hydrogen) atoms. The molecule has 0 aliphatic heterocycles. The van der Waals surface area contributed by atoms with E-state index >= 15 is 0 Å². The molecule has 0 unspecified atom stereocenters. The Morgan fingerprint density at radius 2 is 1.92 bits per heavy atom. The van der Waals surface area contributed by atoms with Crippen LogP contribution in [0.4, 0.5) is 0 Å². The molecule has 5 nitrogen and oxygen atoms in total. The Labute approximate surface area is 151 Å². The van der Waals surface area contributed by atoms with E-state index in [1.54, 1.807) is 6.07 Å². The molecule has 6 heteroatoms. The van der Waals surface area contributed by atoms with Gasteiger partial charge in [-0.3, -0.25) is 4.79 Å². The van der Waals surface area contributed by atoms with Crippen molar-refractivity contribution in [2.75, 3.05) is 6.54 Å². The van der Waals surface area contributed by atoms with Gasteiger partial charge in [0, 0.05) is 18.5 Å². The van der Waals surface area contributed by atoms with Crippen molar-refractivity contribution in [2.45, 2.75) is 20.3 Å². The van der Waals surface area contributed by atoms with Crippen LogP contribution in [0.2, 0.25) is 5.02 Å². The quantitative estimate of drug-likeness (QED) is 0.751. The van der Waals surface area contributed by atoms with Crippen molar-refractivity contribution >= 4 is 17.5 Å². The van der Waals surface area contributed by atoms with E-state index in [0.29, 0.717) is 40.9 Å². The highest BCUT2D eigenvalue weighted by Crippen LogP contribution is 2.26. The van der Waals surface area contributed by atoms with Gasteiger partial charge in [-0.1, -0.05) is 29.8 Å². The van der Waals surface area contributed by atoms with Crippen molar-refractivity contribution in [1.29, 1.82) is 0 Å². The highest BCUT2D eigenvalue weighted by Gasteiger charge is 2.12. The number of carbonyl (C=O) groups is 1. The second-order valence-corrected chi connectivity index (χ2v) is 6.19. The first-order valence-corrected chi connectivity index (χ1v) is 8.35. The fraction of sp³-hybridized carbons (Fsp3) is 0.211. The van der Waals surface area contributed by atoms with Crippen molar-refractivity contribution < 1.29 is 9.21 Å². The van der Waals surface area contributed by atoms with Crippen molar-refractivity contribution in [1.82, 2.24) is 15.5 Å². The summed E-state index contributed by atoms with van der Waals surface area (Å²) in [7, 11) is 0. The topological polar surface area (TPSA) is 68.0 Å². The molecule has 0 aliphatic carbocycles. The Kier molecular flexibility index (Phi) is 5.14. The van der Waals surface area contributed by atoms with Gasteiger partial charge >= 0.3 is 0 Å². The molecule has 0 aliphatic rings. The number of aromatic nitrogens is 2. The summed E-state index contributed by atoms with van der Waals surface area (Å²) < 4.78 is 5.61. The van der Waals surface area contributed by atoms with E-state index < -0.39 is 0 Å². The SMILES string of the molecule is Cc1ccc(C(=O)NCCc2nnc(-c3ccccc3Cl)o2)cc1C. The Morgan fingerprint density at radius 3 is 2.68 bits per heavy atom. The van der Waals surface area contributed by atoms with E-state index in [4.69, 9.17) is 16.0 Å². The minimum atomic E-state index is -0.117. The maximum atomic E-state index is 12.2. The van der Waals surface area contributed by atoms with Crippen LogP contribution >= 0.6 is 11.6 Å². The minimum Gasteiger partial charge on any atom is -0.421 e. The average Bonchev–Trinajstić information content (AvgIpc) is 3.06. The monoisotopic (exact) mass is 355 g/mol. The zero-order chi connectivity index (χ0) is 17.8. The lowest BCUT2D eigenvalue weighted by Crippen LogP contribution is -2.25. The molecule has 128 valence electrons. The van der Waals surface area contributed by atoms with Gasteiger partial charge in [0.1, 0.15) is 0 Å². The first-order valence-electron chi connectivity index (χ1n) is 7.97. The van der Waals surface area contributed by atoms with Crippen molar-refractivity contribution in [3.63, 3.8) is 0 Å². The lowest BCUT2D eigenvalue weighted by atomic mass is 10.1. The number of aryl methyl sites for hydroxylation is 2. The molecule has 0 saturated carbocycles. The number of hydrogen-bond donors (Lipinski definition) is 1. The van der Waals surface area contributed by atoms with Crippen LogP contribution in [-0.2, 0) is 6.42 Å². The van der Waals surface area contributed by atoms with Gasteiger partial charge in [-0.25, -0.2) is 0 Å². The third kappa shape index (κ3) is 4.06. The third-order valence-electron chi connectivity index (χ3n) is 3.96. The van der Waals surface area contributed by atoms with E-state index in [0.717, 1.165) is 11.1 Å². The fourth-order valence-electron chi connectivity index (χ4n) is 2.37. The van der Waals surface area contributed by atoms with Gasteiger partial charge in [0.25, 0.3) is 5.91 Å². The summed E-state index contributed by atoms with van der Waals surface area (Å²) in [5.74, 6) is 0.713. The van der Waals surface area contributed by atoms with E-state index in [1.807, 2.05) is 50.2 Å². The van der Waals surface area contributed by atoms with Gasteiger partial charge < -0.3 is 9.73 Å². The average molecular weight is 356 g/mol. The fourth-order valence-corrected chi connectivity index (χ4v) is 2.58. The summed E-state index contributed by atoms with van der Waals surface area (Å²) in [6, 6.07) is 12.9. The van der Waals surface area contributed by atoms with Crippen LogP contribution in [0.5, 0.6) is 0 Å². The van der Waals surface area contributed by atoms with Crippen LogP contribution in [0.1, 0.15) is 27.4 Å². The number of nitrogens with zero attached hydrogens (tertiary/aromatic N) is 2. The number of rotatable bonds is 5. The summed E-state index contributed by atoms with van der Waals surface area (Å²) in [6.07, 6.45) is 0.452. The second-order valence-electron chi connectivity index (χ2n) is 5.79. The van der Waals surface area contributed by atoms with E-state index in [2.05, 4.69) is 15.5 Å². The van der Waals surface area contributed by atoms with Crippen LogP contribution in [0.15, 0.2) is 46.9 Å². The zero-order valence-corrected chi connectivity index (χ0v) is 14.8. The predicted molar refractivity (Wildman–Crippen MR) is 96.7 cm³/mol. The molecule has 0 atom stereocenters. The molecule has 1 heterocycles. The van der Waals surface area contributed by atoms with Crippen LogP contribution < -0.4 is 5.32 Å². The van der Waals surface area contributed by atoms with Gasteiger partial charge in [0.2, 0.25) is 11.8 Å². The molecule has 1 aromatic heterocycles. The first kappa shape index (κ1) is 17.2. The van der Waals surface area contributed by atoms with Crippen LogP contribution in [-0.4, -0.2) is 22.6 Å². The molecule has 0 fully saturated rings. The maximum absolute atomic E-state index is 12.2. The Hall–Kier alpha value is -2.66. The van der Waals surface area contributed by atoms with Gasteiger partial charge in [-0.05, 0) is 49.2 Å². The minimum absolute atomic E-state index is 0.117. The summed E-state index contributed by atoms with van der Waals surface area (Å²) in [5, 5.41) is 11.4. The maximum Gasteiger partial charge on any atom is 0.251 e. The molecular weight excluding hydrogens is 338 g/mol. The van der Waals surface area contributed by atoms with Gasteiger partial charge in [-0.15, -0.1) is 10.2 Å². The number of amides is 1. The van der Waals surface area contributed by atoms with E-state index in [-0.39, 0.29) is 5.91 Å². The van der Waals surface area contributed by atoms with Crippen LogP contribution in [0.3, 0.4) is 0 Å². The van der Waals surface area contributed by atoms with Crippen molar-refractivity contribution in [3.05, 3.63) is 70.1 Å². The number of carbonyl (C=O) groups excluding carboxylic acids is 1. The van der Waals surface area contributed by atoms with E-state index in [1.165, 1.54) is 0 Å². The largest absolute Gasteiger partial charge is 0.421 e. The number of nitrogens with one attached hydrogen (secondary N) is 1. The molecule has 3 aromatic rings. The van der Waals surface area contributed by atoms with Crippen molar-refractivity contribution in [2.24, 2.45) is 0 Å². The van der Waals surface area contributed by atoms with Crippen LogP contribution in [0, 0.1) is 13.8 Å². The number of benzene rings is 2. The highest BCUT2D eigenvalue weighted by molar-refractivity contribution is 6.33. The molecule has 0 bridgehead atoms. The number of halogens is 1. The molecule has 2 aromatic carbocycles. The first-order chi connectivity index (χ1) is 12.0. The summed E-state index contributed by atoms with van der Waals surface area (Å²) in [4.78, 5) is 12.2. The molecule has 0 spiro atoms. The lowest BCUT2D eigenvalue weighted by Gasteiger charge is -2.06. The Morgan fingerprint density at radius 1 is 1.12 bits per heavy atom. The second kappa shape index (κ2) is 7.49. The van der Waals surface area contributed by atoms with Gasteiger partial charge in [0.05, 0.1) is 10.6 Å². The summed E-state index contributed by atoms with van der Waals surface area (Å²) in [5.41, 5.74) is 3.59. The standard InChI is InChI=1S/C19H18ClN3O2/c1-12-7-8-14(11-13(12)2)18(24)21-10-9-17-22-23-19(25-17)15-5-3-4-6-16(15)20/h3-8,11H,9-10H2,1-2H3,(H,21,24). The van der Waals surface area contributed by atoms with E-state index in [9.17, 15) is 4.79 Å². The molecule has 1 N–H and O–H groups in total. The molecule has 0 radical (unpaired) electrons. The predicted octanol–water partition coefficient (Wildman–Crippen LogP) is 3.98. The molecule has 0 saturated heterocycles. The Balaban J connectivity index is 1.58. The normalized spacial score (nSPS) is 10.7. The molecule has 1 amide bonds.